The fourth-order valence-corrected chi connectivity index (χ4v) is 2.10. The van der Waals surface area contributed by atoms with Crippen LogP contribution in [0, 0.1) is 0 Å². The molecule has 1 saturated heterocycles. The molecule has 0 amide bonds. The molecule has 2 heteroatoms. The first kappa shape index (κ1) is 15.0. The maximum absolute atomic E-state index is 4.64. The van der Waals surface area contributed by atoms with Crippen molar-refractivity contribution in [2.45, 2.75) is 65.0 Å². The third kappa shape index (κ3) is 6.04. The first-order valence-corrected chi connectivity index (χ1v) is 7.12. The highest BCUT2D eigenvalue weighted by Crippen LogP contribution is 2.19. The summed E-state index contributed by atoms with van der Waals surface area (Å²) in [6, 6.07) is 0.631. The van der Waals surface area contributed by atoms with E-state index in [4.69, 9.17) is 0 Å². The molecule has 1 fully saturated rings. The zero-order valence-corrected chi connectivity index (χ0v) is 12.4. The van der Waals surface area contributed by atoms with Gasteiger partial charge in [0, 0.05) is 12.6 Å². The van der Waals surface area contributed by atoms with Gasteiger partial charge in [-0.25, -0.2) is 0 Å². The van der Waals surface area contributed by atoms with Crippen LogP contribution in [0.5, 0.6) is 0 Å². The van der Waals surface area contributed by atoms with E-state index in [-0.39, 0.29) is 5.54 Å². The molecule has 0 bridgehead atoms. The summed E-state index contributed by atoms with van der Waals surface area (Å²) in [7, 11) is 0. The SMILES string of the molecule is C/C=C/C=C/CC1CCCCN1C=NC(C)(C)C. The third-order valence-electron chi connectivity index (χ3n) is 3.11. The van der Waals surface area contributed by atoms with Crippen LogP contribution < -0.4 is 0 Å². The van der Waals surface area contributed by atoms with E-state index in [2.05, 4.69) is 61.3 Å². The van der Waals surface area contributed by atoms with Crippen molar-refractivity contribution in [2.24, 2.45) is 4.99 Å². The van der Waals surface area contributed by atoms with Crippen LogP contribution in [0.2, 0.25) is 0 Å². The molecule has 2 nitrogen and oxygen atoms in total. The molecule has 1 aliphatic heterocycles. The van der Waals surface area contributed by atoms with Crippen LogP contribution in [0.25, 0.3) is 0 Å². The molecule has 0 spiro atoms. The van der Waals surface area contributed by atoms with Gasteiger partial charge in [0.1, 0.15) is 0 Å². The Hall–Kier alpha value is -1.05. The molecule has 0 aromatic rings. The minimum absolute atomic E-state index is 0.0305. The molecule has 18 heavy (non-hydrogen) atoms. The second-order valence-corrected chi connectivity index (χ2v) is 5.99. The molecule has 0 aliphatic carbocycles. The lowest BCUT2D eigenvalue weighted by Crippen LogP contribution is -2.38. The molecule has 0 aromatic carbocycles. The minimum atomic E-state index is 0.0305. The van der Waals surface area contributed by atoms with Crippen molar-refractivity contribution in [2.75, 3.05) is 6.54 Å². The van der Waals surface area contributed by atoms with E-state index in [9.17, 15) is 0 Å². The summed E-state index contributed by atoms with van der Waals surface area (Å²) in [5.41, 5.74) is 0.0305. The van der Waals surface area contributed by atoms with Gasteiger partial charge >= 0.3 is 0 Å². The van der Waals surface area contributed by atoms with E-state index in [0.29, 0.717) is 6.04 Å². The van der Waals surface area contributed by atoms with E-state index < -0.39 is 0 Å². The minimum Gasteiger partial charge on any atom is -0.360 e. The number of piperidine rings is 1. The Morgan fingerprint density at radius 1 is 1.22 bits per heavy atom. The lowest BCUT2D eigenvalue weighted by Gasteiger charge is -2.34. The molecule has 1 aliphatic rings. The van der Waals surface area contributed by atoms with Crippen LogP contribution in [0.4, 0.5) is 0 Å². The third-order valence-corrected chi connectivity index (χ3v) is 3.11. The second kappa shape index (κ2) is 7.40. The summed E-state index contributed by atoms with van der Waals surface area (Å²) in [4.78, 5) is 7.06. The first-order valence-electron chi connectivity index (χ1n) is 7.12. The van der Waals surface area contributed by atoms with E-state index >= 15 is 0 Å². The van der Waals surface area contributed by atoms with Crippen LogP contribution >= 0.6 is 0 Å². The fourth-order valence-electron chi connectivity index (χ4n) is 2.10. The summed E-state index contributed by atoms with van der Waals surface area (Å²) in [5, 5.41) is 0. The fraction of sp³-hybridized carbons (Fsp3) is 0.688. The van der Waals surface area contributed by atoms with Gasteiger partial charge in [-0.3, -0.25) is 4.99 Å². The molecule has 0 saturated carbocycles. The van der Waals surface area contributed by atoms with Crippen molar-refractivity contribution >= 4 is 6.34 Å². The number of hydrogen-bond acceptors (Lipinski definition) is 1. The van der Waals surface area contributed by atoms with Crippen LogP contribution in [-0.2, 0) is 0 Å². The highest BCUT2D eigenvalue weighted by Gasteiger charge is 2.19. The largest absolute Gasteiger partial charge is 0.360 e. The predicted molar refractivity (Wildman–Crippen MR) is 81.2 cm³/mol. The van der Waals surface area contributed by atoms with E-state index in [1.165, 1.54) is 19.3 Å². The first-order chi connectivity index (χ1) is 8.53. The number of nitrogens with zero attached hydrogens (tertiary/aromatic N) is 2. The monoisotopic (exact) mass is 248 g/mol. The highest BCUT2D eigenvalue weighted by molar-refractivity contribution is 5.56. The van der Waals surface area contributed by atoms with E-state index in [0.717, 1.165) is 13.0 Å². The standard InChI is InChI=1S/C16H28N2/c1-5-6-7-8-11-15-12-9-10-13-18(15)14-17-16(2,3)4/h5-8,14-15H,9-13H2,1-4H3/b6-5+,8-7+,17-14?. The van der Waals surface area contributed by atoms with Crippen LogP contribution in [0.1, 0.15) is 53.4 Å². The van der Waals surface area contributed by atoms with Crippen LogP contribution in [-0.4, -0.2) is 29.4 Å². The molecular weight excluding hydrogens is 220 g/mol. The number of aliphatic imine (C=N–C) groups is 1. The van der Waals surface area contributed by atoms with Gasteiger partial charge in [0.15, 0.2) is 0 Å². The van der Waals surface area contributed by atoms with E-state index in [1.807, 2.05) is 6.92 Å². The molecule has 1 unspecified atom stereocenters. The van der Waals surface area contributed by atoms with Gasteiger partial charge < -0.3 is 4.90 Å². The molecule has 0 radical (unpaired) electrons. The van der Waals surface area contributed by atoms with Crippen molar-refractivity contribution in [3.8, 4) is 0 Å². The van der Waals surface area contributed by atoms with Gasteiger partial charge in [-0.15, -0.1) is 0 Å². The van der Waals surface area contributed by atoms with Crippen molar-refractivity contribution in [1.82, 2.24) is 4.90 Å². The Balaban J connectivity index is 2.54. The van der Waals surface area contributed by atoms with Gasteiger partial charge in [-0.1, -0.05) is 24.3 Å². The van der Waals surface area contributed by atoms with Crippen molar-refractivity contribution in [1.29, 1.82) is 0 Å². The Kier molecular flexibility index (Phi) is 6.17. The van der Waals surface area contributed by atoms with Gasteiger partial charge in [0.2, 0.25) is 0 Å². The lowest BCUT2D eigenvalue weighted by molar-refractivity contribution is 0.248. The number of hydrogen-bond donors (Lipinski definition) is 0. The molecule has 1 rings (SSSR count). The molecule has 102 valence electrons. The van der Waals surface area contributed by atoms with Gasteiger partial charge in [-0.2, -0.15) is 0 Å². The Morgan fingerprint density at radius 3 is 2.67 bits per heavy atom. The summed E-state index contributed by atoms with van der Waals surface area (Å²) in [6.45, 7) is 9.64. The molecule has 0 aromatic heterocycles. The Bertz CT molecular complexity index is 308. The maximum atomic E-state index is 4.64. The van der Waals surface area contributed by atoms with Crippen LogP contribution in [0.3, 0.4) is 0 Å². The quantitative estimate of drug-likeness (QED) is 0.414. The summed E-state index contributed by atoms with van der Waals surface area (Å²) in [5.74, 6) is 0. The molecule has 0 N–H and O–H groups in total. The van der Waals surface area contributed by atoms with Crippen molar-refractivity contribution in [3.63, 3.8) is 0 Å². The van der Waals surface area contributed by atoms with Gasteiger partial charge in [0.25, 0.3) is 0 Å². The molecular formula is C16H28N2. The lowest BCUT2D eigenvalue weighted by atomic mass is 10.00. The predicted octanol–water partition coefficient (Wildman–Crippen LogP) is 4.19. The van der Waals surface area contributed by atoms with Crippen molar-refractivity contribution in [3.05, 3.63) is 24.3 Å². The molecule has 1 heterocycles. The Labute approximate surface area is 112 Å². The number of likely N-dealkylation sites (tertiary alicyclic amines) is 1. The average Bonchev–Trinajstić information content (AvgIpc) is 2.32. The Morgan fingerprint density at radius 2 is 2.00 bits per heavy atom. The van der Waals surface area contributed by atoms with Crippen molar-refractivity contribution < 1.29 is 0 Å². The topological polar surface area (TPSA) is 15.6 Å². The second-order valence-electron chi connectivity index (χ2n) is 5.99. The zero-order valence-electron chi connectivity index (χ0n) is 12.4. The molecule has 1 atom stereocenters. The number of allylic oxidation sites excluding steroid dienone is 3. The maximum Gasteiger partial charge on any atom is 0.0858 e. The zero-order chi connectivity index (χ0) is 13.4. The van der Waals surface area contributed by atoms with Gasteiger partial charge in [0.05, 0.1) is 11.9 Å². The van der Waals surface area contributed by atoms with Gasteiger partial charge in [-0.05, 0) is 53.4 Å². The van der Waals surface area contributed by atoms with E-state index in [1.54, 1.807) is 0 Å². The summed E-state index contributed by atoms with van der Waals surface area (Å²) >= 11 is 0. The summed E-state index contributed by atoms with van der Waals surface area (Å²) < 4.78 is 0. The smallest absolute Gasteiger partial charge is 0.0858 e. The number of rotatable bonds is 4. The average molecular weight is 248 g/mol. The van der Waals surface area contributed by atoms with Crippen LogP contribution in [0.15, 0.2) is 29.3 Å². The summed E-state index contributed by atoms with van der Waals surface area (Å²) in [6.07, 6.45) is 15.7. The normalized spacial score (nSPS) is 22.7. The highest BCUT2D eigenvalue weighted by atomic mass is 15.2.